The third-order valence-electron chi connectivity index (χ3n) is 2.56. The Bertz CT molecular complexity index is 754. The van der Waals surface area contributed by atoms with Crippen LogP contribution >= 0.6 is 34.4 Å². The van der Waals surface area contributed by atoms with Gasteiger partial charge in [0.25, 0.3) is 5.91 Å². The third kappa shape index (κ3) is 3.87. The fourth-order valence-electron chi connectivity index (χ4n) is 1.52. The first-order valence-electron chi connectivity index (χ1n) is 6.29. The van der Waals surface area contributed by atoms with E-state index in [9.17, 15) is 4.79 Å². The number of amides is 1. The number of carbonyl (C=O) groups is 1. The summed E-state index contributed by atoms with van der Waals surface area (Å²) in [6.07, 6.45) is 3.00. The molecule has 3 aromatic heterocycles. The standard InChI is InChI=1S/C13H11N5OS3/c1-8-5-15-10(6-14-8)11(19)16-12-17-18-13(22-12)21-7-9-3-2-4-20-9/h2-6H,7H2,1H3,(H,16,17,19). The van der Waals surface area contributed by atoms with Crippen molar-refractivity contribution in [2.75, 3.05) is 5.32 Å². The van der Waals surface area contributed by atoms with Crippen molar-refractivity contribution in [1.82, 2.24) is 20.2 Å². The van der Waals surface area contributed by atoms with Gasteiger partial charge in [0, 0.05) is 16.8 Å². The maximum Gasteiger partial charge on any atom is 0.277 e. The van der Waals surface area contributed by atoms with Crippen LogP contribution in [0.2, 0.25) is 0 Å². The molecule has 0 aliphatic carbocycles. The summed E-state index contributed by atoms with van der Waals surface area (Å²) in [4.78, 5) is 21.4. The smallest absolute Gasteiger partial charge is 0.277 e. The molecule has 112 valence electrons. The Morgan fingerprint density at radius 1 is 1.32 bits per heavy atom. The number of nitrogens with zero attached hydrogens (tertiary/aromatic N) is 4. The van der Waals surface area contributed by atoms with Gasteiger partial charge in [-0.25, -0.2) is 4.98 Å². The zero-order valence-electron chi connectivity index (χ0n) is 11.5. The first-order chi connectivity index (χ1) is 10.7. The molecule has 0 radical (unpaired) electrons. The van der Waals surface area contributed by atoms with Crippen molar-refractivity contribution in [1.29, 1.82) is 0 Å². The Labute approximate surface area is 139 Å². The maximum atomic E-state index is 12.0. The summed E-state index contributed by atoms with van der Waals surface area (Å²) >= 11 is 4.65. The highest BCUT2D eigenvalue weighted by atomic mass is 32.2. The van der Waals surface area contributed by atoms with Gasteiger partial charge in [-0.1, -0.05) is 29.2 Å². The molecule has 0 bridgehead atoms. The highest BCUT2D eigenvalue weighted by Gasteiger charge is 2.12. The van der Waals surface area contributed by atoms with Crippen LogP contribution in [-0.4, -0.2) is 26.1 Å². The Kier molecular flexibility index (Phi) is 4.76. The van der Waals surface area contributed by atoms with Crippen molar-refractivity contribution in [3.63, 3.8) is 0 Å². The summed E-state index contributed by atoms with van der Waals surface area (Å²) in [7, 11) is 0. The van der Waals surface area contributed by atoms with Gasteiger partial charge >= 0.3 is 0 Å². The number of aromatic nitrogens is 4. The van der Waals surface area contributed by atoms with E-state index in [0.29, 0.717) is 5.13 Å². The number of thioether (sulfide) groups is 1. The molecule has 0 aromatic carbocycles. The number of aryl methyl sites for hydroxylation is 1. The van der Waals surface area contributed by atoms with Crippen LogP contribution < -0.4 is 5.32 Å². The zero-order valence-corrected chi connectivity index (χ0v) is 14.0. The molecule has 0 unspecified atom stereocenters. The first-order valence-corrected chi connectivity index (χ1v) is 8.97. The lowest BCUT2D eigenvalue weighted by Crippen LogP contribution is -2.13. The number of nitrogens with one attached hydrogen (secondary N) is 1. The second-order valence-corrected chi connectivity index (χ2v) is 7.47. The summed E-state index contributed by atoms with van der Waals surface area (Å²) in [5.41, 5.74) is 1.02. The summed E-state index contributed by atoms with van der Waals surface area (Å²) in [6, 6.07) is 4.10. The maximum absolute atomic E-state index is 12.0. The normalized spacial score (nSPS) is 10.6. The van der Waals surface area contributed by atoms with Crippen molar-refractivity contribution in [2.24, 2.45) is 0 Å². The Balaban J connectivity index is 1.59. The highest BCUT2D eigenvalue weighted by molar-refractivity contribution is 8.00. The molecule has 1 N–H and O–H groups in total. The molecule has 9 heteroatoms. The molecule has 0 saturated heterocycles. The van der Waals surface area contributed by atoms with Gasteiger partial charge in [-0.15, -0.1) is 21.5 Å². The van der Waals surface area contributed by atoms with Gasteiger partial charge in [-0.3, -0.25) is 15.1 Å². The molecule has 0 spiro atoms. The van der Waals surface area contributed by atoms with Gasteiger partial charge in [0.15, 0.2) is 4.34 Å². The molecule has 3 rings (SSSR count). The van der Waals surface area contributed by atoms with Crippen molar-refractivity contribution >= 4 is 45.5 Å². The second kappa shape index (κ2) is 6.95. The van der Waals surface area contributed by atoms with Gasteiger partial charge in [0.2, 0.25) is 5.13 Å². The summed E-state index contributed by atoms with van der Waals surface area (Å²) in [5, 5.41) is 13.2. The summed E-state index contributed by atoms with van der Waals surface area (Å²) in [5.74, 6) is 0.516. The monoisotopic (exact) mass is 349 g/mol. The van der Waals surface area contributed by atoms with E-state index in [4.69, 9.17) is 0 Å². The third-order valence-corrected chi connectivity index (χ3v) is 5.64. The molecular formula is C13H11N5OS3. The first kappa shape index (κ1) is 15.1. The highest BCUT2D eigenvalue weighted by Crippen LogP contribution is 2.29. The van der Waals surface area contributed by atoms with Gasteiger partial charge in [0.05, 0.1) is 11.9 Å². The van der Waals surface area contributed by atoms with Crippen LogP contribution in [0.1, 0.15) is 21.1 Å². The average molecular weight is 349 g/mol. The van der Waals surface area contributed by atoms with E-state index in [1.165, 1.54) is 22.4 Å². The Morgan fingerprint density at radius 2 is 2.23 bits per heavy atom. The lowest BCUT2D eigenvalue weighted by Gasteiger charge is -1.99. The topological polar surface area (TPSA) is 80.7 Å². The summed E-state index contributed by atoms with van der Waals surface area (Å²) in [6.45, 7) is 1.82. The van der Waals surface area contributed by atoms with E-state index in [2.05, 4.69) is 31.5 Å². The fourth-order valence-corrected chi connectivity index (χ4v) is 4.04. The molecular weight excluding hydrogens is 338 g/mol. The van der Waals surface area contributed by atoms with E-state index in [0.717, 1.165) is 15.8 Å². The molecule has 1 amide bonds. The fraction of sp³-hybridized carbons (Fsp3) is 0.154. The largest absolute Gasteiger partial charge is 0.295 e. The van der Waals surface area contributed by atoms with Gasteiger partial charge in [-0.05, 0) is 18.4 Å². The zero-order chi connectivity index (χ0) is 15.4. The molecule has 6 nitrogen and oxygen atoms in total. The lowest BCUT2D eigenvalue weighted by molar-refractivity contribution is 0.102. The van der Waals surface area contributed by atoms with E-state index in [1.54, 1.807) is 29.3 Å². The molecule has 3 heterocycles. The van der Waals surface area contributed by atoms with E-state index in [1.807, 2.05) is 18.4 Å². The minimum absolute atomic E-state index is 0.258. The summed E-state index contributed by atoms with van der Waals surface area (Å²) < 4.78 is 0.818. The van der Waals surface area contributed by atoms with Crippen LogP contribution in [0.4, 0.5) is 5.13 Å². The molecule has 0 fully saturated rings. The Hall–Kier alpha value is -1.84. The molecule has 0 saturated carbocycles. The number of hydrogen-bond donors (Lipinski definition) is 1. The minimum atomic E-state index is -0.335. The molecule has 0 aliphatic heterocycles. The van der Waals surface area contributed by atoms with Crippen LogP contribution in [0, 0.1) is 6.92 Å². The van der Waals surface area contributed by atoms with Crippen LogP contribution in [0.25, 0.3) is 0 Å². The number of rotatable bonds is 5. The van der Waals surface area contributed by atoms with Crippen molar-refractivity contribution in [3.8, 4) is 0 Å². The molecule has 0 aliphatic rings. The predicted molar refractivity (Wildman–Crippen MR) is 88.5 cm³/mol. The van der Waals surface area contributed by atoms with Crippen LogP contribution in [0.5, 0.6) is 0 Å². The van der Waals surface area contributed by atoms with Crippen molar-refractivity contribution in [2.45, 2.75) is 17.0 Å². The van der Waals surface area contributed by atoms with Gasteiger partial charge in [0.1, 0.15) is 5.69 Å². The van der Waals surface area contributed by atoms with Crippen molar-refractivity contribution < 1.29 is 4.79 Å². The number of hydrogen-bond acceptors (Lipinski definition) is 8. The number of carbonyl (C=O) groups excluding carboxylic acids is 1. The van der Waals surface area contributed by atoms with Crippen LogP contribution in [0.3, 0.4) is 0 Å². The molecule has 22 heavy (non-hydrogen) atoms. The molecule has 0 atom stereocenters. The van der Waals surface area contributed by atoms with Gasteiger partial charge < -0.3 is 0 Å². The SMILES string of the molecule is Cc1cnc(C(=O)Nc2nnc(SCc3cccs3)s2)cn1. The van der Waals surface area contributed by atoms with Crippen LogP contribution in [0.15, 0.2) is 34.2 Å². The van der Waals surface area contributed by atoms with E-state index in [-0.39, 0.29) is 11.6 Å². The van der Waals surface area contributed by atoms with Crippen molar-refractivity contribution in [3.05, 3.63) is 46.2 Å². The van der Waals surface area contributed by atoms with E-state index < -0.39 is 0 Å². The Morgan fingerprint density at radius 3 is 2.95 bits per heavy atom. The van der Waals surface area contributed by atoms with Crippen LogP contribution in [-0.2, 0) is 5.75 Å². The second-order valence-electron chi connectivity index (χ2n) is 4.24. The number of anilines is 1. The minimum Gasteiger partial charge on any atom is -0.295 e. The number of thiophene rings is 1. The molecule has 3 aromatic rings. The van der Waals surface area contributed by atoms with Gasteiger partial charge in [-0.2, -0.15) is 0 Å². The van der Waals surface area contributed by atoms with E-state index >= 15 is 0 Å². The average Bonchev–Trinajstić information content (AvgIpc) is 3.17. The quantitative estimate of drug-likeness (QED) is 0.562. The lowest BCUT2D eigenvalue weighted by atomic mass is 10.4. The predicted octanol–water partition coefficient (Wildman–Crippen LogP) is 3.24.